The van der Waals surface area contributed by atoms with Gasteiger partial charge in [0.15, 0.2) is 12.6 Å². The third-order valence-corrected chi connectivity index (χ3v) is 4.69. The second-order valence-electron chi connectivity index (χ2n) is 6.07. The summed E-state index contributed by atoms with van der Waals surface area (Å²) in [5.74, 6) is 0. The molecule has 3 saturated heterocycles. The molecule has 10 nitrogen and oxygen atoms in total. The van der Waals surface area contributed by atoms with E-state index in [0.717, 1.165) is 0 Å². The minimum Gasteiger partial charge on any atom is -0.394 e. The van der Waals surface area contributed by atoms with Crippen molar-refractivity contribution < 1.29 is 48.8 Å². The summed E-state index contributed by atoms with van der Waals surface area (Å²) >= 11 is 0. The highest BCUT2D eigenvalue weighted by atomic mass is 16.8. The molecule has 3 heterocycles. The molecule has 0 aromatic heterocycles. The van der Waals surface area contributed by atoms with Crippen molar-refractivity contribution in [3.05, 3.63) is 0 Å². The fourth-order valence-electron chi connectivity index (χ4n) is 3.38. The molecule has 3 rings (SSSR count). The van der Waals surface area contributed by atoms with E-state index in [4.69, 9.17) is 28.4 Å². The second kappa shape index (κ2) is 7.46. The van der Waals surface area contributed by atoms with E-state index in [-0.39, 0.29) is 6.61 Å². The largest absolute Gasteiger partial charge is 0.394 e. The van der Waals surface area contributed by atoms with Crippen LogP contribution in [-0.2, 0) is 28.4 Å². The number of hydrogen-bond acceptors (Lipinski definition) is 10. The molecule has 10 heteroatoms. The summed E-state index contributed by atoms with van der Waals surface area (Å²) in [6.07, 6.45) is -9.40. The van der Waals surface area contributed by atoms with Gasteiger partial charge in [-0.1, -0.05) is 0 Å². The summed E-state index contributed by atoms with van der Waals surface area (Å²) in [6, 6.07) is 0. The first kappa shape index (κ1) is 18.4. The first-order valence-electron chi connectivity index (χ1n) is 7.80. The zero-order chi connectivity index (χ0) is 17.4. The number of aliphatic hydroxyl groups excluding tert-OH is 4. The fourth-order valence-corrected chi connectivity index (χ4v) is 3.38. The molecule has 2 bridgehead atoms. The molecule has 140 valence electrons. The van der Waals surface area contributed by atoms with Gasteiger partial charge in [0.05, 0.1) is 13.2 Å². The summed E-state index contributed by atoms with van der Waals surface area (Å²) in [5.41, 5.74) is 0. The van der Waals surface area contributed by atoms with Crippen molar-refractivity contribution in [1.82, 2.24) is 0 Å². The maximum atomic E-state index is 10.3. The lowest BCUT2D eigenvalue weighted by Crippen LogP contribution is -2.62. The standard InChI is InChI=1S/C14H24O10/c1-19-11-7(16)5(3-15)22-14(8(11)17)24-10-6-4-21-12(10)9(18)13(20-2)23-6/h5-18H,3-4H2,1-2H3/t5?,6?,7?,8-,9?,10+,11-,12-,13?,14?/m0/s1. The second-order valence-corrected chi connectivity index (χ2v) is 6.07. The normalized spacial score (nSPS) is 51.8. The summed E-state index contributed by atoms with van der Waals surface area (Å²) in [4.78, 5) is 0. The van der Waals surface area contributed by atoms with E-state index in [2.05, 4.69) is 0 Å². The van der Waals surface area contributed by atoms with E-state index < -0.39 is 68.0 Å². The Morgan fingerprint density at radius 2 is 1.67 bits per heavy atom. The summed E-state index contributed by atoms with van der Waals surface area (Å²) in [5, 5.41) is 39.9. The molecule has 0 aliphatic carbocycles. The van der Waals surface area contributed by atoms with Crippen molar-refractivity contribution in [3.63, 3.8) is 0 Å². The third kappa shape index (κ3) is 3.07. The van der Waals surface area contributed by atoms with Gasteiger partial charge < -0.3 is 48.8 Å². The predicted molar refractivity (Wildman–Crippen MR) is 74.8 cm³/mol. The van der Waals surface area contributed by atoms with Gasteiger partial charge in [-0.3, -0.25) is 0 Å². The fraction of sp³-hybridized carbons (Fsp3) is 1.00. The first-order chi connectivity index (χ1) is 11.5. The Balaban J connectivity index is 1.71. The molecule has 6 unspecified atom stereocenters. The zero-order valence-corrected chi connectivity index (χ0v) is 13.4. The first-order valence-corrected chi connectivity index (χ1v) is 7.80. The van der Waals surface area contributed by atoms with Crippen molar-refractivity contribution in [2.45, 2.75) is 61.4 Å². The van der Waals surface area contributed by atoms with Gasteiger partial charge in [0.2, 0.25) is 0 Å². The van der Waals surface area contributed by atoms with E-state index in [1.165, 1.54) is 14.2 Å². The highest BCUT2D eigenvalue weighted by molar-refractivity contribution is 4.98. The van der Waals surface area contributed by atoms with Gasteiger partial charge >= 0.3 is 0 Å². The van der Waals surface area contributed by atoms with Crippen LogP contribution in [0.1, 0.15) is 0 Å². The molecule has 4 N–H and O–H groups in total. The van der Waals surface area contributed by atoms with Gasteiger partial charge in [0.1, 0.15) is 48.8 Å². The number of methoxy groups -OCH3 is 2. The quantitative estimate of drug-likeness (QED) is 0.404. The van der Waals surface area contributed by atoms with Crippen LogP contribution in [0, 0.1) is 0 Å². The van der Waals surface area contributed by atoms with Gasteiger partial charge in [-0.15, -0.1) is 0 Å². The van der Waals surface area contributed by atoms with Crippen molar-refractivity contribution >= 4 is 0 Å². The summed E-state index contributed by atoms with van der Waals surface area (Å²) in [7, 11) is 2.75. The van der Waals surface area contributed by atoms with Crippen LogP contribution in [0.15, 0.2) is 0 Å². The Kier molecular flexibility index (Phi) is 5.72. The van der Waals surface area contributed by atoms with Crippen LogP contribution in [0.5, 0.6) is 0 Å². The number of fused-ring (bicyclic) bond motifs is 2. The summed E-state index contributed by atoms with van der Waals surface area (Å²) < 4.78 is 32.4. The molecule has 24 heavy (non-hydrogen) atoms. The molecular weight excluding hydrogens is 328 g/mol. The topological polar surface area (TPSA) is 136 Å². The molecule has 0 radical (unpaired) electrons. The van der Waals surface area contributed by atoms with Crippen LogP contribution >= 0.6 is 0 Å². The van der Waals surface area contributed by atoms with E-state index in [9.17, 15) is 20.4 Å². The van der Waals surface area contributed by atoms with Gasteiger partial charge in [0, 0.05) is 14.2 Å². The van der Waals surface area contributed by atoms with E-state index in [0.29, 0.717) is 0 Å². The molecule has 0 saturated carbocycles. The zero-order valence-electron chi connectivity index (χ0n) is 13.4. The van der Waals surface area contributed by atoms with Gasteiger partial charge in [-0.05, 0) is 0 Å². The van der Waals surface area contributed by atoms with Crippen LogP contribution in [0.4, 0.5) is 0 Å². The highest BCUT2D eigenvalue weighted by Crippen LogP contribution is 2.35. The van der Waals surface area contributed by atoms with E-state index >= 15 is 0 Å². The monoisotopic (exact) mass is 352 g/mol. The third-order valence-electron chi connectivity index (χ3n) is 4.69. The summed E-state index contributed by atoms with van der Waals surface area (Å²) in [6.45, 7) is -0.263. The Morgan fingerprint density at radius 3 is 2.29 bits per heavy atom. The van der Waals surface area contributed by atoms with Gasteiger partial charge in [0.25, 0.3) is 0 Å². The SMILES string of the molecule is COC1OC2CO[C@@H](C1O)[C@@H]2OC1OC(CO)C(O)[C@H](OC)[C@@H]1O. The Labute approximate surface area is 138 Å². The van der Waals surface area contributed by atoms with Crippen molar-refractivity contribution in [2.24, 2.45) is 0 Å². The molecule has 3 aliphatic rings. The lowest BCUT2D eigenvalue weighted by Gasteiger charge is -2.44. The van der Waals surface area contributed by atoms with Crippen molar-refractivity contribution in [2.75, 3.05) is 27.4 Å². The molecule has 10 atom stereocenters. The number of ether oxygens (including phenoxy) is 6. The van der Waals surface area contributed by atoms with Crippen LogP contribution < -0.4 is 0 Å². The smallest absolute Gasteiger partial charge is 0.187 e. The van der Waals surface area contributed by atoms with E-state index in [1.807, 2.05) is 0 Å². The maximum absolute atomic E-state index is 10.3. The molecule has 0 amide bonds. The molecule has 0 spiro atoms. The van der Waals surface area contributed by atoms with Gasteiger partial charge in [-0.25, -0.2) is 0 Å². The number of hydrogen-bond donors (Lipinski definition) is 4. The average Bonchev–Trinajstić information content (AvgIpc) is 2.88. The molecular formula is C14H24O10. The lowest BCUT2D eigenvalue weighted by atomic mass is 9.98. The van der Waals surface area contributed by atoms with Crippen molar-refractivity contribution in [3.8, 4) is 0 Å². The predicted octanol–water partition coefficient (Wildman–Crippen LogP) is -3.04. The maximum Gasteiger partial charge on any atom is 0.187 e. The number of rotatable bonds is 5. The lowest BCUT2D eigenvalue weighted by molar-refractivity contribution is -0.340. The van der Waals surface area contributed by atoms with E-state index in [1.54, 1.807) is 0 Å². The average molecular weight is 352 g/mol. The Hall–Kier alpha value is -0.400. The number of aliphatic hydroxyl groups is 4. The Morgan fingerprint density at radius 1 is 0.917 bits per heavy atom. The van der Waals surface area contributed by atoms with Crippen LogP contribution in [0.2, 0.25) is 0 Å². The van der Waals surface area contributed by atoms with Crippen molar-refractivity contribution in [1.29, 1.82) is 0 Å². The molecule has 3 aliphatic heterocycles. The van der Waals surface area contributed by atoms with Gasteiger partial charge in [-0.2, -0.15) is 0 Å². The molecule has 0 aromatic rings. The molecule has 3 fully saturated rings. The minimum atomic E-state index is -1.29. The van der Waals surface area contributed by atoms with Crippen LogP contribution in [0.25, 0.3) is 0 Å². The Bertz CT molecular complexity index is 422. The highest BCUT2D eigenvalue weighted by Gasteiger charge is 2.55. The molecule has 0 aromatic carbocycles. The van der Waals surface area contributed by atoms with Crippen LogP contribution in [0.3, 0.4) is 0 Å². The minimum absolute atomic E-state index is 0.203. The van der Waals surface area contributed by atoms with Crippen LogP contribution in [-0.4, -0.2) is 109 Å².